The molecule has 10 heteroatoms. The second kappa shape index (κ2) is 6.28. The molecule has 138 valence electrons. The molecule has 10 nitrogen and oxygen atoms in total. The smallest absolute Gasteiger partial charge is 0.332 e. The first kappa shape index (κ1) is 17.6. The number of rotatable bonds is 4. The molecule has 0 spiro atoms. The average molecular weight is 359 g/mol. The SMILES string of the molecule is Cc1c([C@H](C)NC(=O)Cn2cnc3c2c(=O)n(C)c(=O)n3C)cnn1C. The molecule has 0 aliphatic rings. The van der Waals surface area contributed by atoms with Gasteiger partial charge in [0.25, 0.3) is 5.56 Å². The second-order valence-corrected chi connectivity index (χ2v) is 6.35. The summed E-state index contributed by atoms with van der Waals surface area (Å²) in [4.78, 5) is 40.9. The van der Waals surface area contributed by atoms with Gasteiger partial charge in [-0.05, 0) is 13.8 Å². The van der Waals surface area contributed by atoms with Crippen LogP contribution in [0.15, 0.2) is 22.1 Å². The van der Waals surface area contributed by atoms with Gasteiger partial charge < -0.3 is 9.88 Å². The minimum atomic E-state index is -0.482. The molecule has 0 aliphatic carbocycles. The summed E-state index contributed by atoms with van der Waals surface area (Å²) < 4.78 is 5.48. The van der Waals surface area contributed by atoms with Gasteiger partial charge in [-0.25, -0.2) is 9.78 Å². The van der Waals surface area contributed by atoms with Crippen molar-refractivity contribution in [2.24, 2.45) is 21.1 Å². The average Bonchev–Trinajstić information content (AvgIpc) is 3.15. The minimum absolute atomic E-state index is 0.0758. The lowest BCUT2D eigenvalue weighted by Gasteiger charge is -2.14. The molecule has 3 heterocycles. The van der Waals surface area contributed by atoms with Crippen molar-refractivity contribution in [3.63, 3.8) is 0 Å². The van der Waals surface area contributed by atoms with Gasteiger partial charge in [0.1, 0.15) is 6.54 Å². The van der Waals surface area contributed by atoms with Gasteiger partial charge in [0.15, 0.2) is 11.2 Å². The number of hydrogen-bond donors (Lipinski definition) is 1. The maximum atomic E-state index is 12.4. The summed E-state index contributed by atoms with van der Waals surface area (Å²) in [5.41, 5.74) is 1.42. The third kappa shape index (κ3) is 2.72. The number of aryl methyl sites for hydroxylation is 2. The van der Waals surface area contributed by atoms with Crippen LogP contribution in [0.25, 0.3) is 11.2 Å². The second-order valence-electron chi connectivity index (χ2n) is 6.35. The van der Waals surface area contributed by atoms with Crippen molar-refractivity contribution >= 4 is 17.1 Å². The van der Waals surface area contributed by atoms with Crippen molar-refractivity contribution in [1.29, 1.82) is 0 Å². The standard InChI is InChI=1S/C16H21N7O3/c1-9(11-6-18-22(5)10(11)2)19-12(24)7-23-8-17-14-13(23)15(25)21(4)16(26)20(14)3/h6,8-9H,7H2,1-5H3,(H,19,24)/t9-/m0/s1. The van der Waals surface area contributed by atoms with Crippen LogP contribution in [-0.2, 0) is 32.5 Å². The number of hydrogen-bond acceptors (Lipinski definition) is 5. The lowest BCUT2D eigenvalue weighted by atomic mass is 10.1. The largest absolute Gasteiger partial charge is 0.348 e. The van der Waals surface area contributed by atoms with E-state index in [4.69, 9.17) is 0 Å². The van der Waals surface area contributed by atoms with Gasteiger partial charge in [0.05, 0.1) is 18.6 Å². The zero-order valence-corrected chi connectivity index (χ0v) is 15.3. The molecule has 1 N–H and O–H groups in total. The van der Waals surface area contributed by atoms with E-state index in [1.807, 2.05) is 20.9 Å². The van der Waals surface area contributed by atoms with E-state index >= 15 is 0 Å². The Bertz CT molecular complexity index is 1120. The highest BCUT2D eigenvalue weighted by molar-refractivity contribution is 5.79. The third-order valence-corrected chi connectivity index (χ3v) is 4.65. The normalized spacial score (nSPS) is 12.5. The van der Waals surface area contributed by atoms with E-state index < -0.39 is 11.2 Å². The first-order valence-electron chi connectivity index (χ1n) is 8.11. The van der Waals surface area contributed by atoms with E-state index in [-0.39, 0.29) is 29.7 Å². The van der Waals surface area contributed by atoms with Gasteiger partial charge in [-0.2, -0.15) is 5.10 Å². The number of amides is 1. The fourth-order valence-corrected chi connectivity index (χ4v) is 2.98. The molecule has 0 aromatic carbocycles. The Balaban J connectivity index is 1.88. The molecule has 0 radical (unpaired) electrons. The molecule has 3 aromatic heterocycles. The molecule has 3 aromatic rings. The molecule has 0 saturated carbocycles. The third-order valence-electron chi connectivity index (χ3n) is 4.65. The van der Waals surface area contributed by atoms with Crippen LogP contribution in [0.5, 0.6) is 0 Å². The van der Waals surface area contributed by atoms with Crippen molar-refractivity contribution in [2.45, 2.75) is 26.4 Å². The molecule has 0 aliphatic heterocycles. The van der Waals surface area contributed by atoms with Gasteiger partial charge >= 0.3 is 5.69 Å². The van der Waals surface area contributed by atoms with E-state index in [0.717, 1.165) is 15.8 Å². The molecule has 3 rings (SSSR count). The summed E-state index contributed by atoms with van der Waals surface area (Å²) in [5.74, 6) is -0.268. The Morgan fingerprint density at radius 2 is 1.92 bits per heavy atom. The Kier molecular flexibility index (Phi) is 4.26. The highest BCUT2D eigenvalue weighted by Crippen LogP contribution is 2.16. The highest BCUT2D eigenvalue weighted by atomic mass is 16.2. The number of aromatic nitrogens is 6. The van der Waals surface area contributed by atoms with E-state index in [1.54, 1.807) is 10.9 Å². The summed E-state index contributed by atoms with van der Waals surface area (Å²) in [6.07, 6.45) is 3.11. The number of nitrogens with one attached hydrogen (secondary N) is 1. The van der Waals surface area contributed by atoms with Crippen LogP contribution in [0.2, 0.25) is 0 Å². The first-order valence-corrected chi connectivity index (χ1v) is 8.11. The van der Waals surface area contributed by atoms with E-state index in [0.29, 0.717) is 0 Å². The molecular weight excluding hydrogens is 338 g/mol. The summed E-state index contributed by atoms with van der Waals surface area (Å²) in [6.45, 7) is 3.73. The van der Waals surface area contributed by atoms with E-state index in [2.05, 4.69) is 15.4 Å². The molecule has 1 amide bonds. The topological polar surface area (TPSA) is 109 Å². The predicted octanol–water partition coefficient (Wildman–Crippen LogP) is -0.647. The summed E-state index contributed by atoms with van der Waals surface area (Å²) >= 11 is 0. The first-order chi connectivity index (χ1) is 12.2. The van der Waals surface area contributed by atoms with Crippen molar-refractivity contribution in [1.82, 2.24) is 33.8 Å². The Labute approximate surface area is 148 Å². The number of carbonyl (C=O) groups excluding carboxylic acids is 1. The van der Waals surface area contributed by atoms with Gasteiger partial charge in [-0.3, -0.25) is 23.4 Å². The minimum Gasteiger partial charge on any atom is -0.348 e. The van der Waals surface area contributed by atoms with Crippen LogP contribution < -0.4 is 16.6 Å². The van der Waals surface area contributed by atoms with E-state index in [9.17, 15) is 14.4 Å². The zero-order valence-electron chi connectivity index (χ0n) is 15.3. The van der Waals surface area contributed by atoms with E-state index in [1.165, 1.54) is 29.6 Å². The fraction of sp³-hybridized carbons (Fsp3) is 0.438. The number of fused-ring (bicyclic) bond motifs is 1. The highest BCUT2D eigenvalue weighted by Gasteiger charge is 2.18. The van der Waals surface area contributed by atoms with Crippen molar-refractivity contribution in [3.05, 3.63) is 44.6 Å². The van der Waals surface area contributed by atoms with Gasteiger partial charge in [-0.15, -0.1) is 0 Å². The van der Waals surface area contributed by atoms with Crippen molar-refractivity contribution in [3.8, 4) is 0 Å². The van der Waals surface area contributed by atoms with Crippen LogP contribution in [0.4, 0.5) is 0 Å². The molecule has 0 fully saturated rings. The maximum Gasteiger partial charge on any atom is 0.332 e. The summed E-state index contributed by atoms with van der Waals surface area (Å²) in [6, 6.07) is -0.224. The van der Waals surface area contributed by atoms with Gasteiger partial charge in [0, 0.05) is 32.4 Å². The zero-order chi connectivity index (χ0) is 19.2. The van der Waals surface area contributed by atoms with Crippen LogP contribution >= 0.6 is 0 Å². The maximum absolute atomic E-state index is 12.4. The molecule has 0 bridgehead atoms. The Morgan fingerprint density at radius 1 is 1.23 bits per heavy atom. The molecule has 1 atom stereocenters. The molecular formula is C16H21N7O3. The van der Waals surface area contributed by atoms with Gasteiger partial charge in [-0.1, -0.05) is 0 Å². The lowest BCUT2D eigenvalue weighted by Crippen LogP contribution is -2.38. The fourth-order valence-electron chi connectivity index (χ4n) is 2.98. The Morgan fingerprint density at radius 3 is 2.54 bits per heavy atom. The number of nitrogens with zero attached hydrogens (tertiary/aromatic N) is 6. The monoisotopic (exact) mass is 359 g/mol. The predicted molar refractivity (Wildman–Crippen MR) is 94.7 cm³/mol. The Hall–Kier alpha value is -3.17. The number of carbonyl (C=O) groups is 1. The summed E-state index contributed by atoms with van der Waals surface area (Å²) in [7, 11) is 4.77. The van der Waals surface area contributed by atoms with Crippen LogP contribution in [0.3, 0.4) is 0 Å². The molecule has 0 unspecified atom stereocenters. The van der Waals surface area contributed by atoms with Crippen molar-refractivity contribution in [2.75, 3.05) is 0 Å². The quantitative estimate of drug-likeness (QED) is 0.666. The van der Waals surface area contributed by atoms with Gasteiger partial charge in [0.2, 0.25) is 5.91 Å². The molecule has 0 saturated heterocycles. The molecule has 26 heavy (non-hydrogen) atoms. The number of imidazole rings is 1. The lowest BCUT2D eigenvalue weighted by molar-refractivity contribution is -0.122. The van der Waals surface area contributed by atoms with Crippen LogP contribution in [0.1, 0.15) is 24.2 Å². The van der Waals surface area contributed by atoms with Crippen LogP contribution in [0, 0.1) is 6.92 Å². The van der Waals surface area contributed by atoms with Crippen LogP contribution in [-0.4, -0.2) is 34.4 Å². The summed E-state index contributed by atoms with van der Waals surface area (Å²) in [5, 5.41) is 7.07. The van der Waals surface area contributed by atoms with Crippen molar-refractivity contribution < 1.29 is 4.79 Å².